The molecule has 0 saturated carbocycles. The summed E-state index contributed by atoms with van der Waals surface area (Å²) in [5.74, 6) is 0. The highest BCUT2D eigenvalue weighted by Gasteiger charge is 2.04. The summed E-state index contributed by atoms with van der Waals surface area (Å²) < 4.78 is 10.2. The Balaban J connectivity index is 3.20. The molecule has 0 rings (SSSR count). The highest BCUT2D eigenvalue weighted by molar-refractivity contribution is 4.68. The molecule has 14 heavy (non-hydrogen) atoms. The van der Waals surface area contributed by atoms with Crippen LogP contribution in [0.4, 0.5) is 0 Å². The van der Waals surface area contributed by atoms with Gasteiger partial charge in [0.05, 0.1) is 18.8 Å². The highest BCUT2D eigenvalue weighted by atomic mass is 16.5. The summed E-state index contributed by atoms with van der Waals surface area (Å²) in [5, 5.41) is 11.6. The molecule has 0 aliphatic carbocycles. The Bertz CT molecular complexity index is 157. The van der Waals surface area contributed by atoms with E-state index in [1.165, 1.54) is 0 Å². The Hall–Kier alpha value is -0.630. The summed E-state index contributed by atoms with van der Waals surface area (Å²) in [4.78, 5) is 0. The first-order chi connectivity index (χ1) is 6.85. The van der Waals surface area contributed by atoms with Crippen LogP contribution in [0.1, 0.15) is 19.3 Å². The summed E-state index contributed by atoms with van der Waals surface area (Å²) in [6.07, 6.45) is 2.77. The average molecular weight is 200 g/mol. The van der Waals surface area contributed by atoms with E-state index in [1.807, 2.05) is 0 Å². The number of ether oxygens (including phenoxy) is 2. The molecule has 0 saturated heterocycles. The molecule has 0 aliphatic rings. The molecule has 0 aromatic rings. The normalized spacial score (nSPS) is 12.4. The Morgan fingerprint density at radius 3 is 2.71 bits per heavy atom. The van der Waals surface area contributed by atoms with E-state index >= 15 is 0 Å². The van der Waals surface area contributed by atoms with E-state index in [4.69, 9.17) is 14.7 Å². The van der Waals surface area contributed by atoms with Crippen molar-refractivity contribution in [3.63, 3.8) is 0 Å². The van der Waals surface area contributed by atoms with E-state index in [0.29, 0.717) is 13.0 Å². The van der Waals surface area contributed by atoms with Crippen molar-refractivity contribution in [1.29, 1.82) is 5.26 Å². The van der Waals surface area contributed by atoms with Crippen LogP contribution in [0.25, 0.3) is 0 Å². The van der Waals surface area contributed by atoms with Gasteiger partial charge in [-0.05, 0) is 19.4 Å². The number of methoxy groups -OCH3 is 2. The molecule has 0 aromatic heterocycles. The smallest absolute Gasteiger partial charge is 0.0928 e. The lowest BCUT2D eigenvalue weighted by Crippen LogP contribution is -2.32. The molecule has 1 unspecified atom stereocenters. The fraction of sp³-hybridized carbons (Fsp3) is 0.900. The van der Waals surface area contributed by atoms with Crippen LogP contribution < -0.4 is 5.32 Å². The number of hydrogen-bond acceptors (Lipinski definition) is 4. The molecule has 0 aliphatic heterocycles. The van der Waals surface area contributed by atoms with Gasteiger partial charge in [-0.1, -0.05) is 0 Å². The number of nitriles is 1. The highest BCUT2D eigenvalue weighted by Crippen LogP contribution is 1.92. The fourth-order valence-electron chi connectivity index (χ4n) is 1.11. The first kappa shape index (κ1) is 13.4. The monoisotopic (exact) mass is 200 g/mol. The lowest BCUT2D eigenvalue weighted by Gasteiger charge is -2.14. The lowest BCUT2D eigenvalue weighted by molar-refractivity contribution is 0.0290. The second-order valence-corrected chi connectivity index (χ2v) is 3.13. The molecule has 0 fully saturated rings. The first-order valence-electron chi connectivity index (χ1n) is 4.94. The first-order valence-corrected chi connectivity index (χ1v) is 4.94. The van der Waals surface area contributed by atoms with Gasteiger partial charge < -0.3 is 14.8 Å². The van der Waals surface area contributed by atoms with Crippen LogP contribution in [0.2, 0.25) is 0 Å². The third-order valence-corrected chi connectivity index (χ3v) is 1.95. The molecule has 0 amide bonds. The number of nitrogens with one attached hydrogen (secondary N) is 1. The third kappa shape index (κ3) is 7.99. The quantitative estimate of drug-likeness (QED) is 0.563. The molecule has 4 heteroatoms. The van der Waals surface area contributed by atoms with Gasteiger partial charge in [-0.3, -0.25) is 0 Å². The third-order valence-electron chi connectivity index (χ3n) is 1.95. The predicted molar refractivity (Wildman–Crippen MR) is 55.0 cm³/mol. The van der Waals surface area contributed by atoms with Crippen LogP contribution in [0.3, 0.4) is 0 Å². The SMILES string of the molecule is COCC(CNCCCCC#N)OC. The molecule has 1 N–H and O–H groups in total. The van der Waals surface area contributed by atoms with Gasteiger partial charge in [0.15, 0.2) is 0 Å². The molecule has 0 aromatic carbocycles. The number of hydrogen-bond donors (Lipinski definition) is 1. The maximum atomic E-state index is 8.31. The van der Waals surface area contributed by atoms with Gasteiger partial charge >= 0.3 is 0 Å². The minimum Gasteiger partial charge on any atom is -0.382 e. The number of nitrogens with zero attached hydrogens (tertiary/aromatic N) is 1. The summed E-state index contributed by atoms with van der Waals surface area (Å²) in [7, 11) is 3.35. The van der Waals surface area contributed by atoms with Crippen molar-refractivity contribution in [3.8, 4) is 6.07 Å². The number of unbranched alkanes of at least 4 members (excludes halogenated alkanes) is 2. The molecule has 0 heterocycles. The second-order valence-electron chi connectivity index (χ2n) is 3.13. The van der Waals surface area contributed by atoms with Gasteiger partial charge in [0.1, 0.15) is 0 Å². The molecule has 0 bridgehead atoms. The van der Waals surface area contributed by atoms with Crippen LogP contribution in [-0.2, 0) is 9.47 Å². The largest absolute Gasteiger partial charge is 0.382 e. The van der Waals surface area contributed by atoms with Crippen LogP contribution in [0, 0.1) is 11.3 Å². The van der Waals surface area contributed by atoms with Crippen molar-refractivity contribution in [3.05, 3.63) is 0 Å². The van der Waals surface area contributed by atoms with Crippen LogP contribution in [-0.4, -0.2) is 40.0 Å². The van der Waals surface area contributed by atoms with Crippen molar-refractivity contribution in [2.75, 3.05) is 33.9 Å². The zero-order valence-electron chi connectivity index (χ0n) is 9.08. The van der Waals surface area contributed by atoms with Crippen LogP contribution in [0.5, 0.6) is 0 Å². The van der Waals surface area contributed by atoms with Gasteiger partial charge in [-0.15, -0.1) is 0 Å². The van der Waals surface area contributed by atoms with E-state index in [2.05, 4.69) is 11.4 Å². The predicted octanol–water partition coefficient (Wildman–Crippen LogP) is 0.931. The topological polar surface area (TPSA) is 54.3 Å². The van der Waals surface area contributed by atoms with E-state index in [-0.39, 0.29) is 6.10 Å². The van der Waals surface area contributed by atoms with Gasteiger partial charge in [0, 0.05) is 27.2 Å². The zero-order chi connectivity index (χ0) is 10.6. The van der Waals surface area contributed by atoms with Gasteiger partial charge in [-0.2, -0.15) is 5.26 Å². The summed E-state index contributed by atoms with van der Waals surface area (Å²) in [5.41, 5.74) is 0. The molecule has 0 radical (unpaired) electrons. The Kier molecular flexibility index (Phi) is 9.98. The van der Waals surface area contributed by atoms with Crippen molar-refractivity contribution in [2.24, 2.45) is 0 Å². The van der Waals surface area contributed by atoms with Crippen molar-refractivity contribution >= 4 is 0 Å². The average Bonchev–Trinajstić information content (AvgIpc) is 2.21. The maximum absolute atomic E-state index is 8.31. The molecule has 4 nitrogen and oxygen atoms in total. The zero-order valence-corrected chi connectivity index (χ0v) is 9.08. The minimum atomic E-state index is 0.121. The van der Waals surface area contributed by atoms with Crippen molar-refractivity contribution < 1.29 is 9.47 Å². The van der Waals surface area contributed by atoms with Crippen LogP contribution >= 0.6 is 0 Å². The van der Waals surface area contributed by atoms with Gasteiger partial charge in [0.25, 0.3) is 0 Å². The van der Waals surface area contributed by atoms with Gasteiger partial charge in [0.2, 0.25) is 0 Å². The minimum absolute atomic E-state index is 0.121. The van der Waals surface area contributed by atoms with Crippen molar-refractivity contribution in [2.45, 2.75) is 25.4 Å². The summed E-state index contributed by atoms with van der Waals surface area (Å²) in [6, 6.07) is 2.13. The lowest BCUT2D eigenvalue weighted by atomic mass is 10.2. The Morgan fingerprint density at radius 1 is 1.36 bits per heavy atom. The van der Waals surface area contributed by atoms with E-state index < -0.39 is 0 Å². The number of rotatable bonds is 9. The Labute approximate surface area is 86.2 Å². The van der Waals surface area contributed by atoms with Gasteiger partial charge in [-0.25, -0.2) is 0 Å². The maximum Gasteiger partial charge on any atom is 0.0928 e. The summed E-state index contributed by atoms with van der Waals surface area (Å²) >= 11 is 0. The van der Waals surface area contributed by atoms with E-state index in [1.54, 1.807) is 14.2 Å². The molecule has 1 atom stereocenters. The molecule has 0 spiro atoms. The van der Waals surface area contributed by atoms with Crippen molar-refractivity contribution in [1.82, 2.24) is 5.32 Å². The summed E-state index contributed by atoms with van der Waals surface area (Å²) in [6.45, 7) is 2.35. The van der Waals surface area contributed by atoms with Crippen LogP contribution in [0.15, 0.2) is 0 Å². The Morgan fingerprint density at radius 2 is 2.14 bits per heavy atom. The molecule has 82 valence electrons. The fourth-order valence-corrected chi connectivity index (χ4v) is 1.11. The molecular weight excluding hydrogens is 180 g/mol. The molecular formula is C10H20N2O2. The standard InChI is InChI=1S/C10H20N2O2/c1-13-9-10(14-2)8-12-7-5-3-4-6-11/h10,12H,3-5,7-9H2,1-2H3. The van der Waals surface area contributed by atoms with E-state index in [0.717, 1.165) is 25.9 Å². The second kappa shape index (κ2) is 10.5. The van der Waals surface area contributed by atoms with E-state index in [9.17, 15) is 0 Å².